The van der Waals surface area contributed by atoms with Crippen molar-refractivity contribution >= 4 is 5.91 Å². The number of hydrogen-bond donors (Lipinski definition) is 2. The molecule has 1 aromatic rings. The van der Waals surface area contributed by atoms with E-state index in [4.69, 9.17) is 5.73 Å². The fraction of sp³-hybridized carbons (Fsp3) is 0.417. The van der Waals surface area contributed by atoms with Gasteiger partial charge >= 0.3 is 0 Å². The normalized spacial score (nSPS) is 22.1. The molecule has 0 bridgehead atoms. The molecule has 1 amide bonds. The summed E-state index contributed by atoms with van der Waals surface area (Å²) in [4.78, 5) is 13.5. The Kier molecular flexibility index (Phi) is 3.22. The molecule has 2 rings (SSSR count). The van der Waals surface area contributed by atoms with Crippen LogP contribution in [0.3, 0.4) is 0 Å². The van der Waals surface area contributed by atoms with Gasteiger partial charge in [0, 0.05) is 19.1 Å². The van der Waals surface area contributed by atoms with Gasteiger partial charge in [0.1, 0.15) is 0 Å². The molecule has 1 unspecified atom stereocenters. The maximum atomic E-state index is 11.9. The number of nitrogens with two attached hydrogens (primary N) is 1. The molecule has 86 valence electrons. The Balaban J connectivity index is 2.05. The zero-order chi connectivity index (χ0) is 11.5. The van der Waals surface area contributed by atoms with Gasteiger partial charge in [-0.15, -0.1) is 0 Å². The molecule has 1 aliphatic heterocycles. The Labute approximate surface area is 94.7 Å². The highest BCUT2D eigenvalue weighted by molar-refractivity contribution is 5.82. The van der Waals surface area contributed by atoms with Crippen molar-refractivity contribution in [2.45, 2.75) is 18.6 Å². The minimum absolute atomic E-state index is 0.0481. The first-order valence-corrected chi connectivity index (χ1v) is 5.46. The van der Waals surface area contributed by atoms with Gasteiger partial charge in [-0.3, -0.25) is 4.79 Å². The van der Waals surface area contributed by atoms with E-state index < -0.39 is 6.10 Å². The molecule has 0 radical (unpaired) electrons. The molecular formula is C12H16N2O2. The van der Waals surface area contributed by atoms with Gasteiger partial charge in [0.15, 0.2) is 6.10 Å². The molecule has 16 heavy (non-hydrogen) atoms. The number of rotatable bonds is 2. The predicted molar refractivity (Wildman–Crippen MR) is 60.6 cm³/mol. The van der Waals surface area contributed by atoms with Gasteiger partial charge in [-0.1, -0.05) is 30.3 Å². The van der Waals surface area contributed by atoms with Crippen molar-refractivity contribution in [3.8, 4) is 0 Å². The van der Waals surface area contributed by atoms with Crippen LogP contribution in [0.4, 0.5) is 0 Å². The summed E-state index contributed by atoms with van der Waals surface area (Å²) < 4.78 is 0. The van der Waals surface area contributed by atoms with Crippen LogP contribution in [-0.2, 0) is 4.79 Å². The second-order valence-corrected chi connectivity index (χ2v) is 4.15. The van der Waals surface area contributed by atoms with E-state index in [0.717, 1.165) is 6.42 Å². The van der Waals surface area contributed by atoms with Gasteiger partial charge in [-0.05, 0) is 12.0 Å². The number of likely N-dealkylation sites (tertiary alicyclic amines) is 1. The van der Waals surface area contributed by atoms with E-state index in [-0.39, 0.29) is 11.9 Å². The van der Waals surface area contributed by atoms with E-state index >= 15 is 0 Å². The monoisotopic (exact) mass is 220 g/mol. The third-order valence-electron chi connectivity index (χ3n) is 2.89. The van der Waals surface area contributed by atoms with Crippen molar-refractivity contribution in [1.29, 1.82) is 0 Å². The Morgan fingerprint density at radius 2 is 2.12 bits per heavy atom. The van der Waals surface area contributed by atoms with Crippen molar-refractivity contribution in [1.82, 2.24) is 4.90 Å². The van der Waals surface area contributed by atoms with Crippen molar-refractivity contribution in [3.63, 3.8) is 0 Å². The predicted octanol–water partition coefficient (Wildman–Crippen LogP) is 0.280. The van der Waals surface area contributed by atoms with Gasteiger partial charge in [0.25, 0.3) is 5.91 Å². The Bertz CT molecular complexity index is 367. The largest absolute Gasteiger partial charge is 0.378 e. The highest BCUT2D eigenvalue weighted by Crippen LogP contribution is 2.18. The Morgan fingerprint density at radius 1 is 1.44 bits per heavy atom. The maximum Gasteiger partial charge on any atom is 0.256 e. The average Bonchev–Trinajstić information content (AvgIpc) is 2.75. The smallest absolute Gasteiger partial charge is 0.256 e. The zero-order valence-electron chi connectivity index (χ0n) is 9.04. The summed E-state index contributed by atoms with van der Waals surface area (Å²) in [6, 6.07) is 9.01. The van der Waals surface area contributed by atoms with Crippen molar-refractivity contribution in [3.05, 3.63) is 35.9 Å². The molecule has 3 N–H and O–H groups in total. The zero-order valence-corrected chi connectivity index (χ0v) is 9.04. The van der Waals surface area contributed by atoms with Gasteiger partial charge in [-0.2, -0.15) is 0 Å². The van der Waals surface area contributed by atoms with Gasteiger partial charge in [0.2, 0.25) is 0 Å². The Hall–Kier alpha value is -1.39. The van der Waals surface area contributed by atoms with Crippen molar-refractivity contribution in [2.75, 3.05) is 13.1 Å². The van der Waals surface area contributed by atoms with Crippen LogP contribution in [0.25, 0.3) is 0 Å². The van der Waals surface area contributed by atoms with E-state index in [1.807, 2.05) is 18.2 Å². The number of amides is 1. The molecule has 0 aromatic heterocycles. The highest BCUT2D eigenvalue weighted by atomic mass is 16.3. The molecule has 4 heteroatoms. The number of aliphatic hydroxyl groups is 1. The summed E-state index contributed by atoms with van der Waals surface area (Å²) in [7, 11) is 0. The summed E-state index contributed by atoms with van der Waals surface area (Å²) in [5, 5.41) is 9.90. The minimum atomic E-state index is -1.06. The minimum Gasteiger partial charge on any atom is -0.378 e. The lowest BCUT2D eigenvalue weighted by molar-refractivity contribution is -0.139. The second-order valence-electron chi connectivity index (χ2n) is 4.15. The van der Waals surface area contributed by atoms with Crippen LogP contribution in [0.1, 0.15) is 18.1 Å². The summed E-state index contributed by atoms with van der Waals surface area (Å²) in [6.07, 6.45) is -0.251. The molecule has 2 atom stereocenters. The van der Waals surface area contributed by atoms with E-state index in [1.54, 1.807) is 17.0 Å². The van der Waals surface area contributed by atoms with Crippen LogP contribution in [-0.4, -0.2) is 35.0 Å². The molecule has 0 aliphatic carbocycles. The van der Waals surface area contributed by atoms with Gasteiger partial charge in [0.05, 0.1) is 0 Å². The number of carbonyl (C=O) groups is 1. The number of aliphatic hydroxyl groups excluding tert-OH is 1. The van der Waals surface area contributed by atoms with E-state index in [9.17, 15) is 9.90 Å². The van der Waals surface area contributed by atoms with Crippen LogP contribution in [0.15, 0.2) is 30.3 Å². The molecule has 1 heterocycles. The van der Waals surface area contributed by atoms with Crippen LogP contribution in [0.5, 0.6) is 0 Å². The van der Waals surface area contributed by atoms with Crippen LogP contribution in [0, 0.1) is 0 Å². The SMILES string of the molecule is N[C@@H]1CCN(C(=O)C(O)c2ccccc2)C1. The first kappa shape index (κ1) is 11.1. The number of benzene rings is 1. The van der Waals surface area contributed by atoms with Crippen LogP contribution >= 0.6 is 0 Å². The second kappa shape index (κ2) is 4.63. The lowest BCUT2D eigenvalue weighted by Crippen LogP contribution is -2.35. The standard InChI is InChI=1S/C12H16N2O2/c13-10-6-7-14(8-10)12(16)11(15)9-4-2-1-3-5-9/h1-5,10-11,15H,6-8,13H2/t10-,11?/m1/s1. The van der Waals surface area contributed by atoms with Crippen LogP contribution < -0.4 is 5.73 Å². The highest BCUT2D eigenvalue weighted by Gasteiger charge is 2.28. The number of carbonyl (C=O) groups excluding carboxylic acids is 1. The van der Waals surface area contributed by atoms with E-state index in [0.29, 0.717) is 18.7 Å². The number of hydrogen-bond acceptors (Lipinski definition) is 3. The quantitative estimate of drug-likeness (QED) is 0.752. The van der Waals surface area contributed by atoms with Gasteiger partial charge < -0.3 is 15.7 Å². The summed E-state index contributed by atoms with van der Waals surface area (Å²) in [6.45, 7) is 1.19. The molecule has 1 fully saturated rings. The van der Waals surface area contributed by atoms with E-state index in [1.165, 1.54) is 0 Å². The maximum absolute atomic E-state index is 11.9. The third kappa shape index (κ3) is 2.23. The van der Waals surface area contributed by atoms with Crippen molar-refractivity contribution in [2.24, 2.45) is 5.73 Å². The first-order valence-electron chi connectivity index (χ1n) is 5.46. The molecule has 1 saturated heterocycles. The lowest BCUT2D eigenvalue weighted by Gasteiger charge is -2.19. The molecular weight excluding hydrogens is 204 g/mol. The molecule has 1 aromatic carbocycles. The fourth-order valence-electron chi connectivity index (χ4n) is 1.94. The average molecular weight is 220 g/mol. The number of nitrogens with zero attached hydrogens (tertiary/aromatic N) is 1. The molecule has 0 spiro atoms. The van der Waals surface area contributed by atoms with Crippen molar-refractivity contribution < 1.29 is 9.90 Å². The first-order chi connectivity index (χ1) is 7.68. The molecule has 0 saturated carbocycles. The molecule has 1 aliphatic rings. The third-order valence-corrected chi connectivity index (χ3v) is 2.89. The lowest BCUT2D eigenvalue weighted by atomic mass is 10.1. The Morgan fingerprint density at radius 3 is 2.69 bits per heavy atom. The summed E-state index contributed by atoms with van der Waals surface area (Å²) in [5.41, 5.74) is 6.36. The van der Waals surface area contributed by atoms with Crippen LogP contribution in [0.2, 0.25) is 0 Å². The molecule has 4 nitrogen and oxygen atoms in total. The van der Waals surface area contributed by atoms with Gasteiger partial charge in [-0.25, -0.2) is 0 Å². The fourth-order valence-corrected chi connectivity index (χ4v) is 1.94. The topological polar surface area (TPSA) is 66.6 Å². The van der Waals surface area contributed by atoms with E-state index in [2.05, 4.69) is 0 Å². The summed E-state index contributed by atoms with van der Waals surface area (Å²) in [5.74, 6) is -0.251. The summed E-state index contributed by atoms with van der Waals surface area (Å²) >= 11 is 0.